The largest absolute Gasteiger partial charge is 0.433 e. The number of nitro groups is 1. The lowest BCUT2D eigenvalue weighted by Crippen LogP contribution is -2.49. The molecule has 1 aliphatic rings. The van der Waals surface area contributed by atoms with Gasteiger partial charge in [-0.1, -0.05) is 0 Å². The monoisotopic (exact) mass is 274 g/mol. The van der Waals surface area contributed by atoms with Crippen LogP contribution in [0, 0.1) is 10.1 Å². The summed E-state index contributed by atoms with van der Waals surface area (Å²) in [6, 6.07) is 2.21. The number of amides is 1. The van der Waals surface area contributed by atoms with Crippen molar-refractivity contribution in [2.24, 2.45) is 0 Å². The number of furan rings is 1. The van der Waals surface area contributed by atoms with Crippen LogP contribution in [-0.2, 0) is 4.74 Å². The molecule has 1 atom stereocenters. The van der Waals surface area contributed by atoms with Crippen LogP contribution in [0.5, 0.6) is 0 Å². The second-order valence-electron chi connectivity index (χ2n) is 3.78. The molecular weight excluding hydrogens is 264 g/mol. The number of morpholine rings is 1. The predicted molar refractivity (Wildman–Crippen MR) is 61.7 cm³/mol. The summed E-state index contributed by atoms with van der Waals surface area (Å²) in [6.45, 7) is 1.17. The Labute approximate surface area is 107 Å². The number of rotatable bonds is 3. The SMILES string of the molecule is O=C(c1ccc([N+](=O)[O-])o1)N1CCOCC1CCl. The molecule has 0 saturated carbocycles. The lowest BCUT2D eigenvalue weighted by atomic mass is 10.2. The van der Waals surface area contributed by atoms with Crippen LogP contribution in [0.25, 0.3) is 0 Å². The highest BCUT2D eigenvalue weighted by atomic mass is 35.5. The van der Waals surface area contributed by atoms with Crippen LogP contribution >= 0.6 is 11.6 Å². The van der Waals surface area contributed by atoms with Crippen LogP contribution in [0.15, 0.2) is 16.5 Å². The summed E-state index contributed by atoms with van der Waals surface area (Å²) in [5.41, 5.74) is 0. The molecule has 0 spiro atoms. The lowest BCUT2D eigenvalue weighted by Gasteiger charge is -2.33. The number of alkyl halides is 1. The van der Waals surface area contributed by atoms with E-state index in [1.54, 1.807) is 0 Å². The predicted octanol–water partition coefficient (Wildman–Crippen LogP) is 1.27. The number of halogens is 1. The first-order valence-corrected chi connectivity index (χ1v) is 5.86. The summed E-state index contributed by atoms with van der Waals surface area (Å²) in [7, 11) is 0. The van der Waals surface area contributed by atoms with Gasteiger partial charge in [-0.25, -0.2) is 0 Å². The highest BCUT2D eigenvalue weighted by Crippen LogP contribution is 2.19. The molecule has 0 aliphatic carbocycles. The van der Waals surface area contributed by atoms with Gasteiger partial charge in [0.2, 0.25) is 0 Å². The van der Waals surface area contributed by atoms with Gasteiger partial charge in [0.15, 0.2) is 5.76 Å². The molecule has 1 aliphatic heterocycles. The molecule has 1 unspecified atom stereocenters. The number of hydrogen-bond donors (Lipinski definition) is 0. The molecule has 2 rings (SSSR count). The van der Waals surface area contributed by atoms with E-state index in [-0.39, 0.29) is 17.7 Å². The molecule has 1 aromatic rings. The zero-order valence-electron chi connectivity index (χ0n) is 9.37. The molecule has 8 heteroatoms. The third kappa shape index (κ3) is 2.46. The average molecular weight is 275 g/mol. The molecule has 0 radical (unpaired) electrons. The minimum absolute atomic E-state index is 0.0567. The van der Waals surface area contributed by atoms with Crippen molar-refractivity contribution in [2.75, 3.05) is 25.6 Å². The van der Waals surface area contributed by atoms with E-state index in [1.165, 1.54) is 11.0 Å². The Morgan fingerprint density at radius 3 is 3.00 bits per heavy atom. The van der Waals surface area contributed by atoms with E-state index in [9.17, 15) is 14.9 Å². The summed E-state index contributed by atoms with van der Waals surface area (Å²) in [5.74, 6) is -0.668. The molecule has 2 heterocycles. The standard InChI is InChI=1S/C10H11ClN2O5/c11-5-7-6-17-4-3-12(7)10(14)8-1-2-9(18-8)13(15)16/h1-2,7H,3-6H2. The normalized spacial score (nSPS) is 19.8. The quantitative estimate of drug-likeness (QED) is 0.471. The molecule has 1 saturated heterocycles. The number of hydrogen-bond acceptors (Lipinski definition) is 5. The van der Waals surface area contributed by atoms with Gasteiger partial charge >= 0.3 is 5.88 Å². The van der Waals surface area contributed by atoms with E-state index in [0.29, 0.717) is 19.8 Å². The Morgan fingerprint density at radius 2 is 2.39 bits per heavy atom. The summed E-state index contributed by atoms with van der Waals surface area (Å²) in [4.78, 5) is 23.4. The van der Waals surface area contributed by atoms with E-state index in [4.69, 9.17) is 20.8 Å². The Balaban J connectivity index is 2.15. The third-order valence-corrected chi connectivity index (χ3v) is 3.01. The van der Waals surface area contributed by atoms with Crippen molar-refractivity contribution in [3.8, 4) is 0 Å². The minimum atomic E-state index is -0.685. The van der Waals surface area contributed by atoms with Gasteiger partial charge in [-0.3, -0.25) is 14.9 Å². The van der Waals surface area contributed by atoms with Crippen molar-refractivity contribution in [1.82, 2.24) is 4.90 Å². The smallest absolute Gasteiger partial charge is 0.395 e. The van der Waals surface area contributed by atoms with E-state index in [1.807, 2.05) is 0 Å². The van der Waals surface area contributed by atoms with Crippen molar-refractivity contribution in [3.63, 3.8) is 0 Å². The highest BCUT2D eigenvalue weighted by molar-refractivity contribution is 6.18. The topological polar surface area (TPSA) is 85.8 Å². The number of ether oxygens (including phenoxy) is 1. The first-order valence-electron chi connectivity index (χ1n) is 5.32. The molecule has 0 bridgehead atoms. The van der Waals surface area contributed by atoms with Crippen LogP contribution in [0.4, 0.5) is 5.88 Å². The molecule has 1 aromatic heterocycles. The van der Waals surface area contributed by atoms with Crippen LogP contribution in [-0.4, -0.2) is 47.4 Å². The molecule has 0 N–H and O–H groups in total. The number of carbonyl (C=O) groups excluding carboxylic acids is 1. The molecule has 0 aromatic carbocycles. The molecular formula is C10H11ClN2O5. The van der Waals surface area contributed by atoms with Gasteiger partial charge in [-0.05, 0) is 6.07 Å². The van der Waals surface area contributed by atoms with Gasteiger partial charge in [0.1, 0.15) is 4.92 Å². The molecule has 18 heavy (non-hydrogen) atoms. The average Bonchev–Trinajstić information content (AvgIpc) is 2.87. The van der Waals surface area contributed by atoms with Gasteiger partial charge in [0, 0.05) is 12.4 Å². The van der Waals surface area contributed by atoms with Gasteiger partial charge in [-0.2, -0.15) is 0 Å². The van der Waals surface area contributed by atoms with Gasteiger partial charge < -0.3 is 14.1 Å². The molecule has 1 fully saturated rings. The summed E-state index contributed by atoms with van der Waals surface area (Å²) in [5, 5.41) is 10.5. The lowest BCUT2D eigenvalue weighted by molar-refractivity contribution is -0.402. The fourth-order valence-electron chi connectivity index (χ4n) is 1.73. The fourth-order valence-corrected chi connectivity index (χ4v) is 1.99. The van der Waals surface area contributed by atoms with Crippen LogP contribution in [0.2, 0.25) is 0 Å². The van der Waals surface area contributed by atoms with Gasteiger partial charge in [0.25, 0.3) is 5.91 Å². The van der Waals surface area contributed by atoms with Crippen LogP contribution in [0.1, 0.15) is 10.6 Å². The van der Waals surface area contributed by atoms with E-state index < -0.39 is 16.7 Å². The van der Waals surface area contributed by atoms with Crippen LogP contribution < -0.4 is 0 Å². The fraction of sp³-hybridized carbons (Fsp3) is 0.500. The Hall–Kier alpha value is -1.60. The first kappa shape index (κ1) is 12.8. The number of nitrogens with zero attached hydrogens (tertiary/aromatic N) is 2. The van der Waals surface area contributed by atoms with Crippen LogP contribution in [0.3, 0.4) is 0 Å². The maximum Gasteiger partial charge on any atom is 0.433 e. The summed E-state index contributed by atoms with van der Waals surface area (Å²) >= 11 is 5.75. The minimum Gasteiger partial charge on any atom is -0.395 e. The van der Waals surface area contributed by atoms with E-state index >= 15 is 0 Å². The first-order chi connectivity index (χ1) is 8.63. The zero-order chi connectivity index (χ0) is 13.1. The van der Waals surface area contributed by atoms with Crippen molar-refractivity contribution in [1.29, 1.82) is 0 Å². The van der Waals surface area contributed by atoms with Crippen molar-refractivity contribution >= 4 is 23.4 Å². The molecule has 1 amide bonds. The van der Waals surface area contributed by atoms with Crippen molar-refractivity contribution < 1.29 is 18.9 Å². The Kier molecular flexibility index (Phi) is 3.83. The molecule has 98 valence electrons. The maximum absolute atomic E-state index is 12.1. The van der Waals surface area contributed by atoms with Gasteiger partial charge in [-0.15, -0.1) is 11.6 Å². The Morgan fingerprint density at radius 1 is 1.61 bits per heavy atom. The second kappa shape index (κ2) is 5.36. The third-order valence-electron chi connectivity index (χ3n) is 2.65. The van der Waals surface area contributed by atoms with Crippen molar-refractivity contribution in [2.45, 2.75) is 6.04 Å². The maximum atomic E-state index is 12.1. The van der Waals surface area contributed by atoms with E-state index in [0.717, 1.165) is 6.07 Å². The van der Waals surface area contributed by atoms with Crippen molar-refractivity contribution in [3.05, 3.63) is 28.0 Å². The second-order valence-corrected chi connectivity index (χ2v) is 4.09. The summed E-state index contributed by atoms with van der Waals surface area (Å²) in [6.07, 6.45) is 0. The summed E-state index contributed by atoms with van der Waals surface area (Å²) < 4.78 is 10.1. The van der Waals surface area contributed by atoms with Gasteiger partial charge in [0.05, 0.1) is 25.3 Å². The Bertz CT molecular complexity index is 461. The van der Waals surface area contributed by atoms with E-state index in [2.05, 4.69) is 0 Å². The number of carbonyl (C=O) groups is 1. The molecule has 7 nitrogen and oxygen atoms in total. The highest BCUT2D eigenvalue weighted by Gasteiger charge is 2.30. The zero-order valence-corrected chi connectivity index (χ0v) is 10.1.